The topological polar surface area (TPSA) is 89.3 Å². The van der Waals surface area contributed by atoms with E-state index in [9.17, 15) is 17.6 Å². The Balaban J connectivity index is 2.79. The highest BCUT2D eigenvalue weighted by atomic mass is 32.2. The second kappa shape index (κ2) is 5.13. The van der Waals surface area contributed by atoms with Crippen LogP contribution < -0.4 is 11.1 Å². The van der Waals surface area contributed by atoms with Crippen molar-refractivity contribution in [3.05, 3.63) is 29.6 Å². The largest absolute Gasteiger partial charge is 0.351 e. The van der Waals surface area contributed by atoms with Crippen molar-refractivity contribution in [2.24, 2.45) is 5.73 Å². The molecule has 0 aliphatic rings. The molecular weight excluding hydrogens is 247 g/mol. The van der Waals surface area contributed by atoms with E-state index in [1.807, 2.05) is 0 Å². The quantitative estimate of drug-likeness (QED) is 0.843. The molecule has 5 nitrogen and oxygen atoms in total. The van der Waals surface area contributed by atoms with Crippen LogP contribution in [0.2, 0.25) is 0 Å². The van der Waals surface area contributed by atoms with Gasteiger partial charge in [0.15, 0.2) is 0 Å². The molecule has 0 atom stereocenters. The molecule has 3 N–H and O–H groups in total. The first-order chi connectivity index (χ1) is 7.78. The van der Waals surface area contributed by atoms with E-state index in [1.165, 1.54) is 12.1 Å². The van der Waals surface area contributed by atoms with Crippen LogP contribution in [0.25, 0.3) is 0 Å². The molecule has 0 saturated carbocycles. The molecular formula is C10H13FN2O3S. The number of amides is 2. The molecule has 0 heterocycles. The second-order valence-corrected chi connectivity index (χ2v) is 5.94. The van der Waals surface area contributed by atoms with Gasteiger partial charge in [-0.2, -0.15) is 0 Å². The van der Waals surface area contributed by atoms with Crippen LogP contribution in [-0.4, -0.2) is 26.5 Å². The smallest absolute Gasteiger partial charge is 0.316 e. The zero-order chi connectivity index (χ0) is 13.1. The maximum absolute atomic E-state index is 13.5. The molecule has 0 fully saturated rings. The molecule has 1 aromatic carbocycles. The van der Waals surface area contributed by atoms with Crippen LogP contribution in [0.1, 0.15) is 5.56 Å². The summed E-state index contributed by atoms with van der Waals surface area (Å²) in [4.78, 5) is 10.5. The summed E-state index contributed by atoms with van der Waals surface area (Å²) in [5.41, 5.74) is 5.39. The van der Waals surface area contributed by atoms with Crippen LogP contribution in [0.15, 0.2) is 18.2 Å². The van der Waals surface area contributed by atoms with E-state index >= 15 is 0 Å². The Morgan fingerprint density at radius 1 is 1.47 bits per heavy atom. The Kier molecular flexibility index (Phi) is 4.06. The predicted octanol–water partition coefficient (Wildman–Crippen LogP) is 0.903. The Morgan fingerprint density at radius 2 is 2.12 bits per heavy atom. The van der Waals surface area contributed by atoms with Crippen LogP contribution in [0.5, 0.6) is 0 Å². The summed E-state index contributed by atoms with van der Waals surface area (Å²) in [5.74, 6) is -0.688. The fraction of sp³-hybridized carbons (Fsp3) is 0.300. The predicted molar refractivity (Wildman–Crippen MR) is 63.0 cm³/mol. The first kappa shape index (κ1) is 13.4. The number of aryl methyl sites for hydroxylation is 1. The number of benzene rings is 1. The molecule has 94 valence electrons. The van der Waals surface area contributed by atoms with E-state index in [0.29, 0.717) is 0 Å². The molecule has 0 radical (unpaired) electrons. The molecule has 1 rings (SSSR count). The first-order valence-electron chi connectivity index (χ1n) is 4.80. The molecule has 0 aliphatic heterocycles. The minimum Gasteiger partial charge on any atom is -0.351 e. The molecule has 0 unspecified atom stereocenters. The highest BCUT2D eigenvalue weighted by molar-refractivity contribution is 7.90. The van der Waals surface area contributed by atoms with Crippen molar-refractivity contribution in [2.45, 2.75) is 6.42 Å². The average Bonchev–Trinajstić information content (AvgIpc) is 2.13. The summed E-state index contributed by atoms with van der Waals surface area (Å²) in [5, 5.41) is 2.23. The van der Waals surface area contributed by atoms with Crippen molar-refractivity contribution < 1.29 is 17.6 Å². The van der Waals surface area contributed by atoms with Crippen molar-refractivity contribution >= 4 is 21.6 Å². The van der Waals surface area contributed by atoms with Gasteiger partial charge in [-0.05, 0) is 24.1 Å². The summed E-state index contributed by atoms with van der Waals surface area (Å²) in [6.45, 7) is 0. The number of hydrogen-bond acceptors (Lipinski definition) is 3. The van der Waals surface area contributed by atoms with Crippen molar-refractivity contribution in [1.82, 2.24) is 0 Å². The molecule has 17 heavy (non-hydrogen) atoms. The number of sulfone groups is 1. The Bertz CT molecular complexity index is 528. The number of nitrogens with two attached hydrogens (primary N) is 1. The van der Waals surface area contributed by atoms with Crippen molar-refractivity contribution in [3.8, 4) is 0 Å². The monoisotopic (exact) mass is 260 g/mol. The van der Waals surface area contributed by atoms with Crippen LogP contribution in [0, 0.1) is 5.82 Å². The van der Waals surface area contributed by atoms with Gasteiger partial charge >= 0.3 is 6.03 Å². The molecule has 0 saturated heterocycles. The average molecular weight is 260 g/mol. The minimum atomic E-state index is -3.12. The van der Waals surface area contributed by atoms with Crippen molar-refractivity contribution in [2.75, 3.05) is 17.3 Å². The van der Waals surface area contributed by atoms with Gasteiger partial charge in [-0.15, -0.1) is 0 Å². The maximum Gasteiger partial charge on any atom is 0.316 e. The third-order valence-corrected chi connectivity index (χ3v) is 3.01. The van der Waals surface area contributed by atoms with Gasteiger partial charge in [0.05, 0.1) is 5.75 Å². The Labute approximate surface area is 98.7 Å². The number of hydrogen-bond donors (Lipinski definition) is 2. The lowest BCUT2D eigenvalue weighted by molar-refractivity contribution is 0.259. The van der Waals surface area contributed by atoms with E-state index in [1.54, 1.807) is 0 Å². The third-order valence-electron chi connectivity index (χ3n) is 2.06. The number of primary amides is 1. The van der Waals surface area contributed by atoms with Gasteiger partial charge in [-0.25, -0.2) is 17.6 Å². The van der Waals surface area contributed by atoms with E-state index in [4.69, 9.17) is 5.73 Å². The maximum atomic E-state index is 13.5. The van der Waals surface area contributed by atoms with Gasteiger partial charge in [-0.1, -0.05) is 6.07 Å². The SMILES string of the molecule is CS(=O)(=O)CCc1ccc(NC(N)=O)cc1F. The standard InChI is InChI=1S/C10H13FN2O3S/c1-17(15,16)5-4-7-2-3-8(6-9(7)11)13-10(12)14/h2-3,6H,4-5H2,1H3,(H3,12,13,14). The van der Waals surface area contributed by atoms with Gasteiger partial charge in [0.2, 0.25) is 0 Å². The lowest BCUT2D eigenvalue weighted by Crippen LogP contribution is -2.19. The molecule has 0 spiro atoms. The summed E-state index contributed by atoms with van der Waals surface area (Å²) >= 11 is 0. The number of rotatable bonds is 4. The number of nitrogens with one attached hydrogen (secondary N) is 1. The number of anilines is 1. The second-order valence-electron chi connectivity index (χ2n) is 3.68. The number of carbonyl (C=O) groups is 1. The van der Waals surface area contributed by atoms with E-state index in [-0.39, 0.29) is 23.4 Å². The first-order valence-corrected chi connectivity index (χ1v) is 6.86. The van der Waals surface area contributed by atoms with Crippen molar-refractivity contribution in [3.63, 3.8) is 0 Å². The van der Waals surface area contributed by atoms with Gasteiger partial charge < -0.3 is 11.1 Å². The van der Waals surface area contributed by atoms with Gasteiger partial charge in [0.25, 0.3) is 0 Å². The van der Waals surface area contributed by atoms with Crippen molar-refractivity contribution in [1.29, 1.82) is 0 Å². The highest BCUT2D eigenvalue weighted by Crippen LogP contribution is 2.15. The van der Waals surface area contributed by atoms with E-state index in [0.717, 1.165) is 12.3 Å². The summed E-state index contributed by atoms with van der Waals surface area (Å²) in [7, 11) is -3.12. The highest BCUT2D eigenvalue weighted by Gasteiger charge is 2.08. The Morgan fingerprint density at radius 3 is 2.59 bits per heavy atom. The molecule has 7 heteroatoms. The molecule has 0 bridgehead atoms. The lowest BCUT2D eigenvalue weighted by atomic mass is 10.1. The Hall–Kier alpha value is -1.63. The van der Waals surface area contributed by atoms with E-state index < -0.39 is 21.7 Å². The minimum absolute atomic E-state index is 0.0987. The zero-order valence-electron chi connectivity index (χ0n) is 9.23. The fourth-order valence-electron chi connectivity index (χ4n) is 1.27. The van der Waals surface area contributed by atoms with Crippen LogP contribution >= 0.6 is 0 Å². The lowest BCUT2D eigenvalue weighted by Gasteiger charge is -2.06. The van der Waals surface area contributed by atoms with Crippen LogP contribution in [-0.2, 0) is 16.3 Å². The molecule has 1 aromatic rings. The number of urea groups is 1. The zero-order valence-corrected chi connectivity index (χ0v) is 10.1. The summed E-state index contributed by atoms with van der Waals surface area (Å²) < 4.78 is 35.4. The van der Waals surface area contributed by atoms with E-state index in [2.05, 4.69) is 5.32 Å². The number of halogens is 1. The number of carbonyl (C=O) groups excluding carboxylic acids is 1. The third kappa shape index (κ3) is 4.81. The molecule has 2 amide bonds. The summed E-state index contributed by atoms with van der Waals surface area (Å²) in [6, 6.07) is 3.20. The van der Waals surface area contributed by atoms with Crippen LogP contribution in [0.4, 0.5) is 14.9 Å². The fourth-order valence-corrected chi connectivity index (χ4v) is 1.86. The van der Waals surface area contributed by atoms with Gasteiger partial charge in [-0.3, -0.25) is 0 Å². The molecule has 0 aromatic heterocycles. The normalized spacial score (nSPS) is 11.2. The van der Waals surface area contributed by atoms with Crippen LogP contribution in [0.3, 0.4) is 0 Å². The summed E-state index contributed by atoms with van der Waals surface area (Å²) in [6.07, 6.45) is 1.19. The van der Waals surface area contributed by atoms with Gasteiger partial charge in [0, 0.05) is 11.9 Å². The van der Waals surface area contributed by atoms with Gasteiger partial charge in [0.1, 0.15) is 15.7 Å². The molecule has 0 aliphatic carbocycles.